The van der Waals surface area contributed by atoms with Crippen molar-refractivity contribution in [2.45, 2.75) is 27.3 Å². The summed E-state index contributed by atoms with van der Waals surface area (Å²) >= 11 is 0. The zero-order chi connectivity index (χ0) is 19.2. The predicted molar refractivity (Wildman–Crippen MR) is 103 cm³/mol. The minimum absolute atomic E-state index is 0.217. The molecule has 1 heterocycles. The summed E-state index contributed by atoms with van der Waals surface area (Å²) in [5, 5.41) is 2.78. The van der Waals surface area contributed by atoms with Crippen molar-refractivity contribution >= 4 is 11.9 Å². The van der Waals surface area contributed by atoms with Crippen LogP contribution < -0.4 is 14.8 Å². The van der Waals surface area contributed by atoms with Crippen LogP contribution in [-0.4, -0.2) is 25.3 Å². The van der Waals surface area contributed by atoms with Crippen LogP contribution in [0.1, 0.15) is 35.3 Å². The van der Waals surface area contributed by atoms with E-state index in [2.05, 4.69) is 10.3 Å². The molecule has 1 aliphatic heterocycles. The summed E-state index contributed by atoms with van der Waals surface area (Å²) in [7, 11) is 0. The zero-order valence-electron chi connectivity index (χ0n) is 15.8. The van der Waals surface area contributed by atoms with Crippen LogP contribution in [0.3, 0.4) is 0 Å². The van der Waals surface area contributed by atoms with Crippen LogP contribution in [0.25, 0.3) is 0 Å². The van der Waals surface area contributed by atoms with E-state index in [1.54, 1.807) is 6.07 Å². The standard InChI is InChI=1S/C21H24N2O4/c1-14(2)12-25-21(23-20(24)17-7-5-4-6-15(17)3)22-11-16-8-9-18-19(10-16)27-13-26-18/h4-10,14H,11-13H2,1-3H3,(H,22,23,24). The monoisotopic (exact) mass is 368 g/mol. The molecule has 0 fully saturated rings. The van der Waals surface area contributed by atoms with Gasteiger partial charge in [0.15, 0.2) is 11.5 Å². The maximum atomic E-state index is 12.6. The van der Waals surface area contributed by atoms with Gasteiger partial charge in [-0.3, -0.25) is 10.1 Å². The van der Waals surface area contributed by atoms with Crippen molar-refractivity contribution in [1.29, 1.82) is 0 Å². The van der Waals surface area contributed by atoms with Crippen molar-refractivity contribution in [1.82, 2.24) is 5.32 Å². The number of nitrogens with zero attached hydrogens (tertiary/aromatic N) is 1. The lowest BCUT2D eigenvalue weighted by atomic mass is 10.1. The Morgan fingerprint density at radius 3 is 2.74 bits per heavy atom. The molecule has 6 heteroatoms. The van der Waals surface area contributed by atoms with Gasteiger partial charge in [-0.25, -0.2) is 4.99 Å². The van der Waals surface area contributed by atoms with Crippen molar-refractivity contribution in [3.05, 3.63) is 59.2 Å². The van der Waals surface area contributed by atoms with Gasteiger partial charge in [0.25, 0.3) is 11.9 Å². The van der Waals surface area contributed by atoms with E-state index in [1.807, 2.05) is 57.2 Å². The molecular weight excluding hydrogens is 344 g/mol. The highest BCUT2D eigenvalue weighted by atomic mass is 16.7. The fourth-order valence-corrected chi connectivity index (χ4v) is 2.56. The molecule has 0 spiro atoms. The largest absolute Gasteiger partial charge is 0.465 e. The molecule has 2 aromatic rings. The molecule has 0 aliphatic carbocycles. The Bertz CT molecular complexity index is 846. The summed E-state index contributed by atoms with van der Waals surface area (Å²) < 4.78 is 16.4. The van der Waals surface area contributed by atoms with Gasteiger partial charge in [-0.05, 0) is 42.2 Å². The highest BCUT2D eigenvalue weighted by molar-refractivity contribution is 6.04. The normalized spacial score (nSPS) is 13.0. The molecule has 0 aromatic heterocycles. The van der Waals surface area contributed by atoms with Gasteiger partial charge in [0.2, 0.25) is 6.79 Å². The summed E-state index contributed by atoms with van der Waals surface area (Å²) in [6.07, 6.45) is 0. The Balaban J connectivity index is 1.73. The van der Waals surface area contributed by atoms with E-state index in [4.69, 9.17) is 14.2 Å². The maximum Gasteiger partial charge on any atom is 0.292 e. The van der Waals surface area contributed by atoms with E-state index in [0.717, 1.165) is 16.9 Å². The Morgan fingerprint density at radius 1 is 1.19 bits per heavy atom. The number of aliphatic imine (C=N–C) groups is 1. The molecule has 1 N–H and O–H groups in total. The summed E-state index contributed by atoms with van der Waals surface area (Å²) in [6.45, 7) is 7.04. The lowest BCUT2D eigenvalue weighted by Crippen LogP contribution is -2.34. The second-order valence-corrected chi connectivity index (χ2v) is 6.78. The molecule has 1 aliphatic rings. The number of hydrogen-bond acceptors (Lipinski definition) is 5. The van der Waals surface area contributed by atoms with Crippen LogP contribution in [0.4, 0.5) is 0 Å². The van der Waals surface area contributed by atoms with Crippen LogP contribution in [0.15, 0.2) is 47.5 Å². The fraction of sp³-hybridized carbons (Fsp3) is 0.333. The molecule has 0 saturated heterocycles. The molecule has 0 bridgehead atoms. The first kappa shape index (κ1) is 18.8. The first-order chi connectivity index (χ1) is 13.0. The molecule has 0 radical (unpaired) electrons. The average molecular weight is 368 g/mol. The van der Waals surface area contributed by atoms with Gasteiger partial charge < -0.3 is 14.2 Å². The second kappa shape index (κ2) is 8.58. The molecule has 3 rings (SSSR count). The minimum atomic E-state index is -0.235. The van der Waals surface area contributed by atoms with E-state index < -0.39 is 0 Å². The third-order valence-electron chi connectivity index (χ3n) is 4.01. The molecular formula is C21H24N2O4. The number of ether oxygens (including phenoxy) is 3. The van der Waals surface area contributed by atoms with Gasteiger partial charge in [0.05, 0.1) is 13.2 Å². The fourth-order valence-electron chi connectivity index (χ4n) is 2.56. The van der Waals surface area contributed by atoms with Gasteiger partial charge in [0.1, 0.15) is 0 Å². The van der Waals surface area contributed by atoms with Crippen LogP contribution in [0.5, 0.6) is 11.5 Å². The maximum absolute atomic E-state index is 12.6. The Morgan fingerprint density at radius 2 is 1.96 bits per heavy atom. The highest BCUT2D eigenvalue weighted by Crippen LogP contribution is 2.32. The summed E-state index contributed by atoms with van der Waals surface area (Å²) in [5.74, 6) is 1.51. The number of rotatable bonds is 5. The smallest absolute Gasteiger partial charge is 0.292 e. The quantitative estimate of drug-likeness (QED) is 0.646. The Kier molecular flexibility index (Phi) is 5.96. The van der Waals surface area contributed by atoms with Gasteiger partial charge in [-0.1, -0.05) is 38.1 Å². The Labute approximate surface area is 159 Å². The molecule has 27 heavy (non-hydrogen) atoms. The molecule has 0 saturated carbocycles. The summed E-state index contributed by atoms with van der Waals surface area (Å²) in [5.41, 5.74) is 2.44. The van der Waals surface area contributed by atoms with E-state index in [9.17, 15) is 4.79 Å². The van der Waals surface area contributed by atoms with E-state index in [1.165, 1.54) is 0 Å². The average Bonchev–Trinajstić information content (AvgIpc) is 3.11. The number of benzene rings is 2. The lowest BCUT2D eigenvalue weighted by Gasteiger charge is -2.13. The number of nitrogens with one attached hydrogen (secondary N) is 1. The molecule has 6 nitrogen and oxygen atoms in total. The van der Waals surface area contributed by atoms with Gasteiger partial charge in [-0.15, -0.1) is 0 Å². The number of carbonyl (C=O) groups is 1. The third-order valence-corrected chi connectivity index (χ3v) is 4.01. The van der Waals surface area contributed by atoms with Gasteiger partial charge in [-0.2, -0.15) is 0 Å². The van der Waals surface area contributed by atoms with Crippen molar-refractivity contribution in [2.24, 2.45) is 10.9 Å². The van der Waals surface area contributed by atoms with Crippen molar-refractivity contribution in [2.75, 3.05) is 13.4 Å². The first-order valence-corrected chi connectivity index (χ1v) is 8.95. The summed E-state index contributed by atoms with van der Waals surface area (Å²) in [4.78, 5) is 17.0. The minimum Gasteiger partial charge on any atom is -0.465 e. The number of amidine groups is 1. The lowest BCUT2D eigenvalue weighted by molar-refractivity contribution is 0.0962. The molecule has 0 unspecified atom stereocenters. The van der Waals surface area contributed by atoms with Gasteiger partial charge in [0, 0.05) is 5.56 Å². The number of hydrogen-bond donors (Lipinski definition) is 1. The van der Waals surface area contributed by atoms with Crippen LogP contribution >= 0.6 is 0 Å². The van der Waals surface area contributed by atoms with Crippen LogP contribution in [-0.2, 0) is 11.3 Å². The van der Waals surface area contributed by atoms with E-state index in [-0.39, 0.29) is 18.7 Å². The van der Waals surface area contributed by atoms with Crippen LogP contribution in [0.2, 0.25) is 0 Å². The topological polar surface area (TPSA) is 69.2 Å². The second-order valence-electron chi connectivity index (χ2n) is 6.78. The van der Waals surface area contributed by atoms with E-state index in [0.29, 0.717) is 30.4 Å². The predicted octanol–water partition coefficient (Wildman–Crippen LogP) is 3.68. The number of fused-ring (bicyclic) bond motifs is 1. The van der Waals surface area contributed by atoms with Crippen molar-refractivity contribution in [3.63, 3.8) is 0 Å². The van der Waals surface area contributed by atoms with Crippen LogP contribution in [0, 0.1) is 12.8 Å². The Hall–Kier alpha value is -3.02. The third kappa shape index (κ3) is 5.00. The number of carbonyl (C=O) groups excluding carboxylic acids is 1. The molecule has 1 amide bonds. The van der Waals surface area contributed by atoms with Crippen molar-refractivity contribution < 1.29 is 19.0 Å². The van der Waals surface area contributed by atoms with E-state index >= 15 is 0 Å². The summed E-state index contributed by atoms with van der Waals surface area (Å²) in [6, 6.07) is 13.3. The highest BCUT2D eigenvalue weighted by Gasteiger charge is 2.15. The zero-order valence-corrected chi connectivity index (χ0v) is 15.8. The molecule has 0 atom stereocenters. The van der Waals surface area contributed by atoms with Gasteiger partial charge >= 0.3 is 0 Å². The SMILES string of the molecule is Cc1ccccc1C(=O)NC(=NCc1ccc2c(c1)OCO2)OCC(C)C. The molecule has 142 valence electrons. The van der Waals surface area contributed by atoms with Crippen molar-refractivity contribution in [3.8, 4) is 11.5 Å². The number of amides is 1. The first-order valence-electron chi connectivity index (χ1n) is 8.95. The number of aryl methyl sites for hydroxylation is 1. The molecule has 2 aromatic carbocycles.